The van der Waals surface area contributed by atoms with Crippen molar-refractivity contribution >= 4 is 11.3 Å². The molecule has 0 aliphatic heterocycles. The third-order valence-corrected chi connectivity index (χ3v) is 3.57. The average Bonchev–Trinajstić information content (AvgIpc) is 2.94. The molecule has 2 nitrogen and oxygen atoms in total. The molecule has 1 aromatic heterocycles. The van der Waals surface area contributed by atoms with Crippen LogP contribution in [0, 0.1) is 5.41 Å². The zero-order valence-corrected chi connectivity index (χ0v) is 10.0. The van der Waals surface area contributed by atoms with E-state index >= 15 is 0 Å². The zero-order valence-electron chi connectivity index (χ0n) is 9.20. The van der Waals surface area contributed by atoms with Crippen LogP contribution in [-0.2, 0) is 6.42 Å². The van der Waals surface area contributed by atoms with E-state index in [9.17, 15) is 0 Å². The van der Waals surface area contributed by atoms with Gasteiger partial charge in [0.25, 0.3) is 0 Å². The molecule has 0 aromatic carbocycles. The summed E-state index contributed by atoms with van der Waals surface area (Å²) in [7, 11) is 0. The number of thiazole rings is 1. The first-order valence-corrected chi connectivity index (χ1v) is 6.40. The highest BCUT2D eigenvalue weighted by molar-refractivity contribution is 7.07. The molecule has 1 aliphatic carbocycles. The fourth-order valence-electron chi connectivity index (χ4n) is 1.61. The molecule has 1 saturated carbocycles. The molecule has 0 saturated heterocycles. The van der Waals surface area contributed by atoms with E-state index in [2.05, 4.69) is 35.3 Å². The first kappa shape index (κ1) is 10.8. The van der Waals surface area contributed by atoms with Gasteiger partial charge < -0.3 is 5.32 Å². The van der Waals surface area contributed by atoms with Gasteiger partial charge >= 0.3 is 0 Å². The van der Waals surface area contributed by atoms with Crippen molar-refractivity contribution in [2.45, 2.75) is 32.2 Å². The van der Waals surface area contributed by atoms with Crippen molar-refractivity contribution in [2.75, 3.05) is 6.54 Å². The van der Waals surface area contributed by atoms with Crippen LogP contribution in [0.15, 0.2) is 23.5 Å². The lowest BCUT2D eigenvalue weighted by Crippen LogP contribution is -2.33. The first-order chi connectivity index (χ1) is 7.22. The lowest BCUT2D eigenvalue weighted by molar-refractivity contribution is 0.386. The minimum atomic E-state index is 0.136. The maximum atomic E-state index is 4.33. The fraction of sp³-hybridized carbons (Fsp3) is 0.583. The molecular weight excluding hydrogens is 204 g/mol. The van der Waals surface area contributed by atoms with Gasteiger partial charge in [-0.25, -0.2) is 4.98 Å². The largest absolute Gasteiger partial charge is 0.313 e. The van der Waals surface area contributed by atoms with Gasteiger partial charge in [0, 0.05) is 29.8 Å². The van der Waals surface area contributed by atoms with Crippen molar-refractivity contribution in [1.82, 2.24) is 10.3 Å². The van der Waals surface area contributed by atoms with Gasteiger partial charge in [0.1, 0.15) is 0 Å². The Bertz CT molecular complexity index is 316. The van der Waals surface area contributed by atoms with Crippen molar-refractivity contribution in [3.8, 4) is 0 Å². The maximum Gasteiger partial charge on any atom is 0.0794 e. The van der Waals surface area contributed by atoms with Crippen molar-refractivity contribution in [3.05, 3.63) is 29.2 Å². The number of nitrogens with zero attached hydrogens (tertiary/aromatic N) is 1. The topological polar surface area (TPSA) is 24.9 Å². The molecule has 3 heteroatoms. The van der Waals surface area contributed by atoms with Gasteiger partial charge in [0.2, 0.25) is 0 Å². The maximum absolute atomic E-state index is 4.33. The Morgan fingerprint density at radius 3 is 3.07 bits per heavy atom. The lowest BCUT2D eigenvalue weighted by Gasteiger charge is -2.25. The Morgan fingerprint density at radius 2 is 2.53 bits per heavy atom. The summed E-state index contributed by atoms with van der Waals surface area (Å²) in [4.78, 5) is 4.33. The highest BCUT2D eigenvalue weighted by Crippen LogP contribution is 2.26. The van der Waals surface area contributed by atoms with Crippen LogP contribution in [0.3, 0.4) is 0 Å². The molecule has 2 rings (SSSR count). The van der Waals surface area contributed by atoms with E-state index in [-0.39, 0.29) is 5.41 Å². The zero-order chi connectivity index (χ0) is 10.7. The van der Waals surface area contributed by atoms with E-state index in [1.54, 1.807) is 11.3 Å². The Labute approximate surface area is 95.4 Å². The van der Waals surface area contributed by atoms with Crippen LogP contribution in [-0.4, -0.2) is 17.6 Å². The summed E-state index contributed by atoms with van der Waals surface area (Å²) >= 11 is 1.66. The van der Waals surface area contributed by atoms with Crippen LogP contribution in [0.1, 0.15) is 25.5 Å². The van der Waals surface area contributed by atoms with Crippen molar-refractivity contribution < 1.29 is 0 Å². The standard InChI is InChI=1S/C12H18N2S/c1-3-12(2,8-13-10-4-5-10)6-11-7-15-9-14-11/h3,7,9-10,13H,1,4-6,8H2,2H3. The van der Waals surface area contributed by atoms with Gasteiger partial charge in [-0.05, 0) is 12.8 Å². The molecule has 1 aromatic rings. The number of rotatable bonds is 6. The Hall–Kier alpha value is -0.670. The van der Waals surface area contributed by atoms with Crippen molar-refractivity contribution in [1.29, 1.82) is 0 Å². The van der Waals surface area contributed by atoms with E-state index < -0.39 is 0 Å². The van der Waals surface area contributed by atoms with Gasteiger partial charge in [0.05, 0.1) is 11.2 Å². The minimum Gasteiger partial charge on any atom is -0.313 e. The molecule has 1 atom stereocenters. The van der Waals surface area contributed by atoms with Gasteiger partial charge in [-0.2, -0.15) is 0 Å². The van der Waals surface area contributed by atoms with Gasteiger partial charge in [0.15, 0.2) is 0 Å². The summed E-state index contributed by atoms with van der Waals surface area (Å²) in [6, 6.07) is 0.764. The van der Waals surface area contributed by atoms with E-state index in [4.69, 9.17) is 0 Å². The summed E-state index contributed by atoms with van der Waals surface area (Å²) in [5, 5.41) is 5.69. The van der Waals surface area contributed by atoms with Crippen LogP contribution < -0.4 is 5.32 Å². The van der Waals surface area contributed by atoms with Gasteiger partial charge in [-0.3, -0.25) is 0 Å². The van der Waals surface area contributed by atoms with Crippen LogP contribution in [0.4, 0.5) is 0 Å². The number of hydrogen-bond donors (Lipinski definition) is 1. The molecule has 1 N–H and O–H groups in total. The summed E-state index contributed by atoms with van der Waals surface area (Å²) in [6.07, 6.45) is 5.72. The molecule has 82 valence electrons. The number of hydrogen-bond acceptors (Lipinski definition) is 3. The molecule has 0 radical (unpaired) electrons. The molecule has 0 amide bonds. The molecule has 1 heterocycles. The van der Waals surface area contributed by atoms with E-state index in [0.29, 0.717) is 0 Å². The van der Waals surface area contributed by atoms with Crippen LogP contribution in [0.25, 0.3) is 0 Å². The van der Waals surface area contributed by atoms with Crippen LogP contribution in [0.2, 0.25) is 0 Å². The fourth-order valence-corrected chi connectivity index (χ4v) is 2.17. The summed E-state index contributed by atoms with van der Waals surface area (Å²) in [5.74, 6) is 0. The van der Waals surface area contributed by atoms with Crippen LogP contribution in [0.5, 0.6) is 0 Å². The van der Waals surface area contributed by atoms with Crippen LogP contribution >= 0.6 is 11.3 Å². The predicted octanol–water partition coefficient (Wildman–Crippen LogP) is 2.63. The lowest BCUT2D eigenvalue weighted by atomic mass is 9.85. The van der Waals surface area contributed by atoms with E-state index in [1.807, 2.05) is 5.51 Å². The smallest absolute Gasteiger partial charge is 0.0794 e. The second-order valence-electron chi connectivity index (χ2n) is 4.67. The second-order valence-corrected chi connectivity index (χ2v) is 5.39. The highest BCUT2D eigenvalue weighted by atomic mass is 32.1. The Morgan fingerprint density at radius 1 is 1.73 bits per heavy atom. The van der Waals surface area contributed by atoms with Gasteiger partial charge in [-0.1, -0.05) is 13.0 Å². The highest BCUT2D eigenvalue weighted by Gasteiger charge is 2.26. The molecule has 0 bridgehead atoms. The minimum absolute atomic E-state index is 0.136. The normalized spacial score (nSPS) is 19.8. The molecular formula is C12H18N2S. The Kier molecular flexibility index (Phi) is 3.22. The molecule has 1 aliphatic rings. The summed E-state index contributed by atoms with van der Waals surface area (Å²) in [5.41, 5.74) is 3.21. The van der Waals surface area contributed by atoms with Gasteiger partial charge in [-0.15, -0.1) is 17.9 Å². The van der Waals surface area contributed by atoms with E-state index in [0.717, 1.165) is 19.0 Å². The molecule has 0 spiro atoms. The first-order valence-electron chi connectivity index (χ1n) is 5.46. The predicted molar refractivity (Wildman–Crippen MR) is 65.1 cm³/mol. The van der Waals surface area contributed by atoms with Crippen molar-refractivity contribution in [2.24, 2.45) is 5.41 Å². The van der Waals surface area contributed by atoms with E-state index in [1.165, 1.54) is 18.5 Å². The molecule has 1 unspecified atom stereocenters. The third kappa shape index (κ3) is 3.14. The Balaban J connectivity index is 1.90. The number of nitrogens with one attached hydrogen (secondary N) is 1. The molecule has 1 fully saturated rings. The third-order valence-electron chi connectivity index (χ3n) is 2.93. The average molecular weight is 222 g/mol. The summed E-state index contributed by atoms with van der Waals surface area (Å²) in [6.45, 7) is 7.20. The number of aromatic nitrogens is 1. The molecule has 15 heavy (non-hydrogen) atoms. The SMILES string of the molecule is C=CC(C)(CNC1CC1)Cc1cscn1. The quantitative estimate of drug-likeness (QED) is 0.748. The van der Waals surface area contributed by atoms with Crippen molar-refractivity contribution in [3.63, 3.8) is 0 Å². The monoisotopic (exact) mass is 222 g/mol. The summed E-state index contributed by atoms with van der Waals surface area (Å²) < 4.78 is 0. The second kappa shape index (κ2) is 4.45.